The van der Waals surface area contributed by atoms with Gasteiger partial charge in [0.2, 0.25) is 11.9 Å². The number of guanidine groups is 1. The molecule has 1 amide bonds. The number of fused-ring (bicyclic) bond motifs is 3. The summed E-state index contributed by atoms with van der Waals surface area (Å²) in [6, 6.07) is 7.39. The maximum Gasteiger partial charge on any atom is 0.226 e. The quantitative estimate of drug-likeness (QED) is 0.824. The van der Waals surface area contributed by atoms with E-state index in [1.165, 1.54) is 6.92 Å². The Labute approximate surface area is 164 Å². The molecule has 1 aromatic rings. The molecule has 0 unspecified atom stereocenters. The Bertz CT molecular complexity index is 1040. The van der Waals surface area contributed by atoms with Crippen LogP contribution >= 0.6 is 0 Å². The van der Waals surface area contributed by atoms with Gasteiger partial charge in [0.25, 0.3) is 0 Å². The number of nitrogens with zero attached hydrogens (tertiary/aromatic N) is 3. The predicted octanol–water partition coefficient (Wildman–Crippen LogP) is 3.01. The summed E-state index contributed by atoms with van der Waals surface area (Å²) in [5.74, 6) is 0.224. The number of benzene rings is 1. The first-order valence-electron chi connectivity index (χ1n) is 8.86. The van der Waals surface area contributed by atoms with Crippen LogP contribution in [0.2, 0.25) is 0 Å². The minimum atomic E-state index is -0.180. The van der Waals surface area contributed by atoms with Crippen LogP contribution in [0.3, 0.4) is 0 Å². The zero-order valence-electron chi connectivity index (χ0n) is 16.4. The highest BCUT2D eigenvalue weighted by Gasteiger charge is 2.35. The number of carbonyl (C=O) groups is 2. The van der Waals surface area contributed by atoms with Crippen molar-refractivity contribution >= 4 is 23.4 Å². The van der Waals surface area contributed by atoms with Gasteiger partial charge in [0.1, 0.15) is 11.4 Å². The maximum atomic E-state index is 13.4. The lowest BCUT2D eigenvalue weighted by molar-refractivity contribution is -0.118. The van der Waals surface area contributed by atoms with Crippen molar-refractivity contribution < 1.29 is 9.59 Å². The molecule has 0 spiro atoms. The molecule has 1 N–H and O–H groups in total. The topological polar surface area (TPSA) is 74.1 Å². The van der Waals surface area contributed by atoms with Crippen molar-refractivity contribution in [1.82, 2.24) is 10.2 Å². The number of Topliss-reactive ketones (excluding diaryl/α,β-unsaturated/α-hetero) is 1. The van der Waals surface area contributed by atoms with Gasteiger partial charge in [0.15, 0.2) is 5.78 Å². The van der Waals surface area contributed by atoms with Gasteiger partial charge in [-0.05, 0) is 18.6 Å². The van der Waals surface area contributed by atoms with Crippen LogP contribution in [-0.2, 0) is 4.79 Å². The molecule has 28 heavy (non-hydrogen) atoms. The number of rotatable bonds is 4. The Kier molecular flexibility index (Phi) is 5.22. The minimum absolute atomic E-state index is 0.131. The summed E-state index contributed by atoms with van der Waals surface area (Å²) in [6.07, 6.45) is 5.09. The van der Waals surface area contributed by atoms with Gasteiger partial charge in [0.05, 0.1) is 5.57 Å². The van der Waals surface area contributed by atoms with Crippen LogP contribution in [0.5, 0.6) is 0 Å². The van der Waals surface area contributed by atoms with Crippen LogP contribution < -0.4 is 5.32 Å². The third-order valence-corrected chi connectivity index (χ3v) is 4.27. The SMILES string of the molecule is C=C/C=C(\C=C(/C)NC(C)=O)C1=C2N=C(N(C)C)N=C2c2ccccc2C1=O. The lowest BCUT2D eigenvalue weighted by Gasteiger charge is -2.20. The molecule has 1 heterocycles. The van der Waals surface area contributed by atoms with Crippen molar-refractivity contribution in [3.63, 3.8) is 0 Å². The fraction of sp³-hybridized carbons (Fsp3) is 0.182. The van der Waals surface area contributed by atoms with Crippen LogP contribution in [0.1, 0.15) is 29.8 Å². The minimum Gasteiger partial charge on any atom is -0.347 e. The van der Waals surface area contributed by atoms with Crippen molar-refractivity contribution in [3.8, 4) is 0 Å². The van der Waals surface area contributed by atoms with Gasteiger partial charge in [-0.1, -0.05) is 43.0 Å². The highest BCUT2D eigenvalue weighted by Crippen LogP contribution is 2.35. The van der Waals surface area contributed by atoms with Gasteiger partial charge in [-0.3, -0.25) is 9.59 Å². The zero-order valence-corrected chi connectivity index (χ0v) is 16.4. The average molecular weight is 374 g/mol. The summed E-state index contributed by atoms with van der Waals surface area (Å²) in [5, 5.41) is 2.73. The van der Waals surface area contributed by atoms with Crippen LogP contribution in [-0.4, -0.2) is 42.4 Å². The predicted molar refractivity (Wildman–Crippen MR) is 111 cm³/mol. The average Bonchev–Trinajstić information content (AvgIpc) is 3.07. The first-order valence-corrected chi connectivity index (χ1v) is 8.86. The number of hydrogen-bond donors (Lipinski definition) is 1. The van der Waals surface area contributed by atoms with Crippen LogP contribution in [0.4, 0.5) is 0 Å². The van der Waals surface area contributed by atoms with Gasteiger partial charge >= 0.3 is 0 Å². The molecule has 1 aliphatic heterocycles. The fourth-order valence-corrected chi connectivity index (χ4v) is 3.17. The van der Waals surface area contributed by atoms with Crippen molar-refractivity contribution in [2.45, 2.75) is 13.8 Å². The molecule has 1 aliphatic carbocycles. The maximum absolute atomic E-state index is 13.4. The molecule has 1 aromatic carbocycles. The highest BCUT2D eigenvalue weighted by atomic mass is 16.1. The Hall–Kier alpha value is -3.54. The van der Waals surface area contributed by atoms with Crippen molar-refractivity contribution in [2.24, 2.45) is 9.98 Å². The number of nitrogens with one attached hydrogen (secondary N) is 1. The molecule has 0 radical (unpaired) electrons. The van der Waals surface area contributed by atoms with Crippen LogP contribution in [0.15, 0.2) is 81.6 Å². The molecular formula is C22H22N4O2. The lowest BCUT2D eigenvalue weighted by atomic mass is 9.83. The Morgan fingerprint density at radius 2 is 1.82 bits per heavy atom. The summed E-state index contributed by atoms with van der Waals surface area (Å²) in [6.45, 7) is 6.97. The van der Waals surface area contributed by atoms with Crippen molar-refractivity contribution in [3.05, 3.63) is 82.7 Å². The van der Waals surface area contributed by atoms with Crippen LogP contribution in [0, 0.1) is 0 Å². The van der Waals surface area contributed by atoms with Gasteiger partial charge in [0, 0.05) is 37.8 Å². The summed E-state index contributed by atoms with van der Waals surface area (Å²) >= 11 is 0. The van der Waals surface area contributed by atoms with Crippen molar-refractivity contribution in [1.29, 1.82) is 0 Å². The summed E-state index contributed by atoms with van der Waals surface area (Å²) in [4.78, 5) is 35.8. The molecule has 0 bridgehead atoms. The molecule has 0 fully saturated rings. The largest absolute Gasteiger partial charge is 0.347 e. The summed E-state index contributed by atoms with van der Waals surface area (Å²) < 4.78 is 0. The second-order valence-electron chi connectivity index (χ2n) is 6.73. The number of aliphatic imine (C=N–C) groups is 2. The van der Waals surface area contributed by atoms with E-state index in [1.807, 2.05) is 32.3 Å². The number of allylic oxidation sites excluding steroid dienone is 7. The molecule has 6 nitrogen and oxygen atoms in total. The van der Waals surface area contributed by atoms with Gasteiger partial charge in [-0.2, -0.15) is 0 Å². The Balaban J connectivity index is 2.25. The third kappa shape index (κ3) is 3.49. The second kappa shape index (κ2) is 7.60. The van der Waals surface area contributed by atoms with E-state index in [1.54, 1.807) is 36.1 Å². The zero-order chi connectivity index (χ0) is 20.4. The van der Waals surface area contributed by atoms with E-state index in [4.69, 9.17) is 0 Å². The Morgan fingerprint density at radius 3 is 2.43 bits per heavy atom. The molecule has 0 saturated heterocycles. The number of amides is 1. The van der Waals surface area contributed by atoms with E-state index >= 15 is 0 Å². The number of ketones is 1. The van der Waals surface area contributed by atoms with E-state index in [-0.39, 0.29) is 11.7 Å². The van der Waals surface area contributed by atoms with Crippen LogP contribution in [0.25, 0.3) is 0 Å². The van der Waals surface area contributed by atoms with Crippen molar-refractivity contribution in [2.75, 3.05) is 14.1 Å². The molecule has 142 valence electrons. The van der Waals surface area contributed by atoms with E-state index in [0.717, 1.165) is 5.56 Å². The number of carbonyl (C=O) groups excluding carboxylic acids is 2. The van der Waals surface area contributed by atoms with Gasteiger partial charge in [-0.15, -0.1) is 0 Å². The first-order chi connectivity index (χ1) is 13.3. The molecule has 0 saturated carbocycles. The smallest absolute Gasteiger partial charge is 0.226 e. The second-order valence-corrected chi connectivity index (χ2v) is 6.73. The molecular weight excluding hydrogens is 352 g/mol. The van der Waals surface area contributed by atoms with E-state index in [9.17, 15) is 9.59 Å². The van der Waals surface area contributed by atoms with E-state index in [0.29, 0.717) is 39.8 Å². The highest BCUT2D eigenvalue weighted by molar-refractivity contribution is 6.33. The molecule has 6 heteroatoms. The van der Waals surface area contributed by atoms with Gasteiger partial charge < -0.3 is 10.2 Å². The number of hydrogen-bond acceptors (Lipinski definition) is 5. The molecule has 3 rings (SSSR count). The molecule has 0 atom stereocenters. The summed E-state index contributed by atoms with van der Waals surface area (Å²) in [5.41, 5.74) is 4.24. The third-order valence-electron chi connectivity index (χ3n) is 4.27. The molecule has 0 aromatic heterocycles. The van der Waals surface area contributed by atoms with E-state index in [2.05, 4.69) is 21.9 Å². The normalized spacial score (nSPS) is 16.2. The summed E-state index contributed by atoms with van der Waals surface area (Å²) in [7, 11) is 3.71. The standard InChI is InChI=1S/C22H22N4O2/c1-6-9-15(12-13(2)23-14(3)27)18-20-19(24-22(25-20)26(4)5)16-10-7-8-11-17(16)21(18)28/h6-12H,1H2,2-5H3,(H,23,27)/b13-12+,15-9+. The molecule has 2 aliphatic rings. The van der Waals surface area contributed by atoms with E-state index < -0.39 is 0 Å². The first kappa shape index (κ1) is 19.2. The monoisotopic (exact) mass is 374 g/mol. The van der Waals surface area contributed by atoms with Gasteiger partial charge in [-0.25, -0.2) is 9.98 Å². The Morgan fingerprint density at radius 1 is 1.14 bits per heavy atom. The fourth-order valence-electron chi connectivity index (χ4n) is 3.17. The lowest BCUT2D eigenvalue weighted by Crippen LogP contribution is -2.22.